The molecule has 0 aromatic rings. The van der Waals surface area contributed by atoms with Gasteiger partial charge in [0.1, 0.15) is 0 Å². The smallest absolute Gasteiger partial charge is 0.223 e. The van der Waals surface area contributed by atoms with E-state index in [9.17, 15) is 4.79 Å². The normalized spacial score (nSPS) is 16.4. The Balaban J connectivity index is 2.56. The molecule has 3 nitrogen and oxygen atoms in total. The van der Waals surface area contributed by atoms with Crippen molar-refractivity contribution in [3.05, 3.63) is 0 Å². The van der Waals surface area contributed by atoms with E-state index in [0.29, 0.717) is 36.3 Å². The summed E-state index contributed by atoms with van der Waals surface area (Å²) in [6, 6.07) is 0.426. The van der Waals surface area contributed by atoms with Crippen LogP contribution in [0.5, 0.6) is 0 Å². The van der Waals surface area contributed by atoms with Crippen LogP contribution in [0.15, 0.2) is 0 Å². The number of carbonyl (C=O) groups excluding carboxylic acids is 1. The van der Waals surface area contributed by atoms with Crippen LogP contribution in [0.2, 0.25) is 0 Å². The van der Waals surface area contributed by atoms with Gasteiger partial charge in [0.05, 0.1) is 4.99 Å². The maximum Gasteiger partial charge on any atom is 0.223 e. The first-order valence-electron chi connectivity index (χ1n) is 6.58. The van der Waals surface area contributed by atoms with Crippen LogP contribution in [0.1, 0.15) is 52.4 Å². The van der Waals surface area contributed by atoms with Crippen molar-refractivity contribution >= 4 is 23.1 Å². The standard InChI is InChI=1S/C13H24N2OS/c1-10(2)9-13(16)15(8-7-12(14)17)11-5-3-4-6-11/h10-11H,3-9H2,1-2H3,(H2,14,17). The van der Waals surface area contributed by atoms with Crippen molar-refractivity contribution in [1.82, 2.24) is 4.90 Å². The monoisotopic (exact) mass is 256 g/mol. The molecule has 1 rings (SSSR count). The molecule has 0 spiro atoms. The minimum atomic E-state index is 0.267. The zero-order valence-corrected chi connectivity index (χ0v) is 11.8. The fourth-order valence-corrected chi connectivity index (χ4v) is 2.52. The summed E-state index contributed by atoms with van der Waals surface area (Å²) in [4.78, 5) is 14.7. The summed E-state index contributed by atoms with van der Waals surface area (Å²) in [6.07, 6.45) is 6.04. The lowest BCUT2D eigenvalue weighted by molar-refractivity contribution is -0.134. The molecule has 2 N–H and O–H groups in total. The van der Waals surface area contributed by atoms with Gasteiger partial charge in [-0.1, -0.05) is 38.9 Å². The number of nitrogens with two attached hydrogens (primary N) is 1. The van der Waals surface area contributed by atoms with Gasteiger partial charge in [0.25, 0.3) is 0 Å². The highest BCUT2D eigenvalue weighted by atomic mass is 32.1. The Kier molecular flexibility index (Phi) is 5.89. The number of hydrogen-bond acceptors (Lipinski definition) is 2. The van der Waals surface area contributed by atoms with Gasteiger partial charge in [-0.05, 0) is 18.8 Å². The minimum Gasteiger partial charge on any atom is -0.393 e. The van der Waals surface area contributed by atoms with Gasteiger partial charge < -0.3 is 10.6 Å². The van der Waals surface area contributed by atoms with Gasteiger partial charge in [0, 0.05) is 25.4 Å². The lowest BCUT2D eigenvalue weighted by Crippen LogP contribution is -2.41. The molecule has 0 unspecified atom stereocenters. The van der Waals surface area contributed by atoms with E-state index in [4.69, 9.17) is 18.0 Å². The van der Waals surface area contributed by atoms with E-state index < -0.39 is 0 Å². The van der Waals surface area contributed by atoms with Crippen molar-refractivity contribution in [3.8, 4) is 0 Å². The van der Waals surface area contributed by atoms with Crippen LogP contribution in [0.3, 0.4) is 0 Å². The Morgan fingerprint density at radius 2 is 2.00 bits per heavy atom. The van der Waals surface area contributed by atoms with E-state index >= 15 is 0 Å². The molecule has 1 fully saturated rings. The average molecular weight is 256 g/mol. The third kappa shape index (κ3) is 5.02. The molecule has 0 atom stereocenters. The van der Waals surface area contributed by atoms with E-state index in [1.165, 1.54) is 12.8 Å². The van der Waals surface area contributed by atoms with E-state index in [2.05, 4.69) is 13.8 Å². The summed E-state index contributed by atoms with van der Waals surface area (Å²) in [6.45, 7) is 4.86. The Morgan fingerprint density at radius 3 is 2.47 bits per heavy atom. The highest BCUT2D eigenvalue weighted by Gasteiger charge is 2.26. The average Bonchev–Trinajstić information content (AvgIpc) is 2.69. The molecule has 0 heterocycles. The molecule has 1 aliphatic rings. The van der Waals surface area contributed by atoms with E-state index in [1.807, 2.05) is 4.90 Å². The van der Waals surface area contributed by atoms with Crippen molar-refractivity contribution in [2.75, 3.05) is 6.54 Å². The van der Waals surface area contributed by atoms with Gasteiger partial charge in [-0.3, -0.25) is 4.79 Å². The highest BCUT2D eigenvalue weighted by molar-refractivity contribution is 7.80. The van der Waals surface area contributed by atoms with Gasteiger partial charge in [-0.15, -0.1) is 0 Å². The Bertz CT molecular complexity index is 273. The number of thiocarbonyl (C=S) groups is 1. The molecule has 17 heavy (non-hydrogen) atoms. The van der Waals surface area contributed by atoms with Crippen molar-refractivity contribution in [2.24, 2.45) is 11.7 Å². The van der Waals surface area contributed by atoms with Gasteiger partial charge in [-0.25, -0.2) is 0 Å². The first-order chi connectivity index (χ1) is 8.00. The second-order valence-corrected chi connectivity index (χ2v) is 5.86. The number of amides is 1. The molecule has 98 valence electrons. The maximum atomic E-state index is 12.2. The molecule has 0 saturated heterocycles. The molecule has 0 bridgehead atoms. The van der Waals surface area contributed by atoms with E-state index in [1.54, 1.807) is 0 Å². The Hall–Kier alpha value is -0.640. The van der Waals surface area contributed by atoms with Crippen LogP contribution < -0.4 is 5.73 Å². The fraction of sp³-hybridized carbons (Fsp3) is 0.846. The predicted molar refractivity (Wildman–Crippen MR) is 74.8 cm³/mol. The fourth-order valence-electron chi connectivity index (χ4n) is 2.42. The predicted octanol–water partition coefficient (Wildman–Crippen LogP) is 2.48. The van der Waals surface area contributed by atoms with Crippen LogP contribution in [-0.4, -0.2) is 28.4 Å². The molecular weight excluding hydrogens is 232 g/mol. The number of hydrogen-bond donors (Lipinski definition) is 1. The molecule has 4 heteroatoms. The molecule has 0 aromatic carbocycles. The van der Waals surface area contributed by atoms with Gasteiger partial charge in [0.2, 0.25) is 5.91 Å². The molecule has 0 radical (unpaired) electrons. The minimum absolute atomic E-state index is 0.267. The maximum absolute atomic E-state index is 12.2. The quantitative estimate of drug-likeness (QED) is 0.743. The van der Waals surface area contributed by atoms with Crippen molar-refractivity contribution in [2.45, 2.75) is 58.4 Å². The van der Waals surface area contributed by atoms with Crippen molar-refractivity contribution in [1.29, 1.82) is 0 Å². The lowest BCUT2D eigenvalue weighted by atomic mass is 10.1. The zero-order valence-electron chi connectivity index (χ0n) is 10.9. The lowest BCUT2D eigenvalue weighted by Gasteiger charge is -2.29. The number of nitrogens with zero attached hydrogens (tertiary/aromatic N) is 1. The molecular formula is C13H24N2OS. The summed E-state index contributed by atoms with van der Waals surface area (Å²) in [7, 11) is 0. The Morgan fingerprint density at radius 1 is 1.41 bits per heavy atom. The van der Waals surface area contributed by atoms with Crippen molar-refractivity contribution in [3.63, 3.8) is 0 Å². The third-order valence-corrected chi connectivity index (χ3v) is 3.47. The first-order valence-corrected chi connectivity index (χ1v) is 6.99. The van der Waals surface area contributed by atoms with E-state index in [0.717, 1.165) is 12.8 Å². The van der Waals surface area contributed by atoms with Crippen LogP contribution in [0.4, 0.5) is 0 Å². The highest BCUT2D eigenvalue weighted by Crippen LogP contribution is 2.24. The topological polar surface area (TPSA) is 46.3 Å². The van der Waals surface area contributed by atoms with Crippen LogP contribution >= 0.6 is 12.2 Å². The van der Waals surface area contributed by atoms with Gasteiger partial charge in [-0.2, -0.15) is 0 Å². The summed E-state index contributed by atoms with van der Waals surface area (Å²) in [5.41, 5.74) is 5.53. The molecule has 1 saturated carbocycles. The number of rotatable bonds is 6. The molecule has 1 amide bonds. The summed E-state index contributed by atoms with van der Waals surface area (Å²) >= 11 is 4.90. The van der Waals surface area contributed by atoms with Gasteiger partial charge >= 0.3 is 0 Å². The summed E-state index contributed by atoms with van der Waals surface area (Å²) in [5.74, 6) is 0.680. The van der Waals surface area contributed by atoms with Crippen LogP contribution in [0, 0.1) is 5.92 Å². The van der Waals surface area contributed by atoms with Crippen molar-refractivity contribution < 1.29 is 4.79 Å². The largest absolute Gasteiger partial charge is 0.393 e. The second kappa shape index (κ2) is 6.94. The Labute approximate surface area is 110 Å². The second-order valence-electron chi connectivity index (χ2n) is 5.34. The third-order valence-electron chi connectivity index (χ3n) is 3.27. The van der Waals surface area contributed by atoms with Crippen LogP contribution in [-0.2, 0) is 4.79 Å². The van der Waals surface area contributed by atoms with Crippen LogP contribution in [0.25, 0.3) is 0 Å². The number of carbonyl (C=O) groups is 1. The van der Waals surface area contributed by atoms with E-state index in [-0.39, 0.29) is 5.91 Å². The molecule has 0 aliphatic heterocycles. The zero-order chi connectivity index (χ0) is 12.8. The summed E-state index contributed by atoms with van der Waals surface area (Å²) in [5, 5.41) is 0. The molecule has 1 aliphatic carbocycles. The first kappa shape index (κ1) is 14.4. The SMILES string of the molecule is CC(C)CC(=O)N(CCC(N)=S)C1CCCC1. The molecule has 0 aromatic heterocycles. The van der Waals surface area contributed by atoms with Gasteiger partial charge in [0.15, 0.2) is 0 Å². The summed E-state index contributed by atoms with van der Waals surface area (Å²) < 4.78 is 0.